The number of benzene rings is 4. The number of amides is 1. The SMILES string of the molecule is COc1cccc(N(CC(=O)NCC(C)Cc2cccc3ccccc23)S(=O)(=O)c2ccccc2)c1. The number of nitrogens with zero attached hydrogens (tertiary/aromatic N) is 1. The smallest absolute Gasteiger partial charge is 0.264 e. The summed E-state index contributed by atoms with van der Waals surface area (Å²) < 4.78 is 33.3. The van der Waals surface area contributed by atoms with Crippen LogP contribution in [0.4, 0.5) is 5.69 Å². The van der Waals surface area contributed by atoms with Gasteiger partial charge in [-0.1, -0.05) is 73.7 Å². The van der Waals surface area contributed by atoms with E-state index in [2.05, 4.69) is 36.5 Å². The van der Waals surface area contributed by atoms with E-state index in [1.807, 2.05) is 18.2 Å². The Morgan fingerprint density at radius 2 is 1.61 bits per heavy atom. The van der Waals surface area contributed by atoms with Gasteiger partial charge in [0.1, 0.15) is 12.3 Å². The van der Waals surface area contributed by atoms with Gasteiger partial charge in [-0.3, -0.25) is 9.10 Å². The molecule has 0 aliphatic heterocycles. The summed E-state index contributed by atoms with van der Waals surface area (Å²) in [6, 6.07) is 29.3. The first-order valence-corrected chi connectivity index (χ1v) is 13.3. The van der Waals surface area contributed by atoms with Crippen LogP contribution in [0, 0.1) is 5.92 Å². The van der Waals surface area contributed by atoms with Crippen LogP contribution in [0.25, 0.3) is 10.8 Å². The van der Waals surface area contributed by atoms with E-state index in [4.69, 9.17) is 4.74 Å². The predicted molar refractivity (Wildman–Crippen MR) is 144 cm³/mol. The Morgan fingerprint density at radius 3 is 2.39 bits per heavy atom. The van der Waals surface area contributed by atoms with Crippen LogP contribution in [0.15, 0.2) is 102 Å². The maximum atomic E-state index is 13.5. The van der Waals surface area contributed by atoms with Gasteiger partial charge in [0, 0.05) is 12.6 Å². The first kappa shape index (κ1) is 25.3. The number of nitrogens with one attached hydrogen (secondary N) is 1. The molecule has 1 unspecified atom stereocenters. The van der Waals surface area contributed by atoms with E-state index in [-0.39, 0.29) is 23.3 Å². The van der Waals surface area contributed by atoms with Crippen LogP contribution in [0.1, 0.15) is 12.5 Å². The molecule has 0 spiro atoms. The van der Waals surface area contributed by atoms with Crippen LogP contribution in [-0.4, -0.2) is 34.5 Å². The minimum absolute atomic E-state index is 0.116. The highest BCUT2D eigenvalue weighted by Gasteiger charge is 2.27. The molecule has 7 heteroatoms. The molecule has 0 aliphatic carbocycles. The predicted octanol–water partition coefficient (Wildman–Crippen LogP) is 5.04. The molecule has 0 saturated heterocycles. The molecule has 4 aromatic rings. The Morgan fingerprint density at radius 1 is 0.917 bits per heavy atom. The number of methoxy groups -OCH3 is 1. The van der Waals surface area contributed by atoms with Crippen molar-refractivity contribution < 1.29 is 17.9 Å². The number of ether oxygens (including phenoxy) is 1. The van der Waals surface area contributed by atoms with E-state index in [1.165, 1.54) is 35.6 Å². The molecule has 6 nitrogen and oxygen atoms in total. The molecule has 1 atom stereocenters. The molecular weight excluding hydrogens is 472 g/mol. The number of carbonyl (C=O) groups excluding carboxylic acids is 1. The molecule has 0 saturated carbocycles. The summed E-state index contributed by atoms with van der Waals surface area (Å²) in [5, 5.41) is 5.32. The van der Waals surface area contributed by atoms with Crippen molar-refractivity contribution in [3.63, 3.8) is 0 Å². The lowest BCUT2D eigenvalue weighted by Crippen LogP contribution is -2.42. The van der Waals surface area contributed by atoms with Crippen molar-refractivity contribution in [2.75, 3.05) is 24.5 Å². The summed E-state index contributed by atoms with van der Waals surface area (Å²) in [6.07, 6.45) is 0.795. The largest absolute Gasteiger partial charge is 0.497 e. The third kappa shape index (κ3) is 5.86. The zero-order valence-corrected chi connectivity index (χ0v) is 21.2. The molecule has 186 valence electrons. The second-order valence-corrected chi connectivity index (χ2v) is 10.6. The zero-order valence-electron chi connectivity index (χ0n) is 20.4. The van der Waals surface area contributed by atoms with Crippen molar-refractivity contribution in [2.24, 2.45) is 5.92 Å². The number of carbonyl (C=O) groups is 1. The summed E-state index contributed by atoms with van der Waals surface area (Å²) in [5.74, 6) is 0.294. The van der Waals surface area contributed by atoms with Crippen LogP contribution in [0.5, 0.6) is 5.75 Å². The van der Waals surface area contributed by atoms with E-state index in [0.29, 0.717) is 18.0 Å². The monoisotopic (exact) mass is 502 g/mol. The summed E-state index contributed by atoms with van der Waals surface area (Å²) in [5.41, 5.74) is 1.58. The number of hydrogen-bond acceptors (Lipinski definition) is 4. The average Bonchev–Trinajstić information content (AvgIpc) is 2.91. The minimum Gasteiger partial charge on any atom is -0.497 e. The molecule has 0 radical (unpaired) electrons. The van der Waals surface area contributed by atoms with Crippen molar-refractivity contribution >= 4 is 32.4 Å². The lowest BCUT2D eigenvalue weighted by Gasteiger charge is -2.25. The molecular formula is C29H30N2O4S. The number of sulfonamides is 1. The maximum absolute atomic E-state index is 13.5. The van der Waals surface area contributed by atoms with Crippen LogP contribution in [0.2, 0.25) is 0 Å². The van der Waals surface area contributed by atoms with Crippen LogP contribution < -0.4 is 14.4 Å². The summed E-state index contributed by atoms with van der Waals surface area (Å²) in [7, 11) is -2.46. The third-order valence-electron chi connectivity index (χ3n) is 6.06. The quantitative estimate of drug-likeness (QED) is 0.330. The van der Waals surface area contributed by atoms with E-state index in [0.717, 1.165) is 10.7 Å². The average molecular weight is 503 g/mol. The molecule has 0 aromatic heterocycles. The zero-order chi connectivity index (χ0) is 25.5. The summed E-state index contributed by atoms with van der Waals surface area (Å²) in [4.78, 5) is 13.1. The van der Waals surface area contributed by atoms with Crippen molar-refractivity contribution in [3.8, 4) is 5.75 Å². The van der Waals surface area contributed by atoms with Gasteiger partial charge in [-0.2, -0.15) is 0 Å². The van der Waals surface area contributed by atoms with Gasteiger partial charge in [0.25, 0.3) is 10.0 Å². The fourth-order valence-corrected chi connectivity index (χ4v) is 5.63. The second kappa shape index (κ2) is 11.3. The van der Waals surface area contributed by atoms with Crippen molar-refractivity contribution in [3.05, 3.63) is 103 Å². The van der Waals surface area contributed by atoms with Gasteiger partial charge in [0.2, 0.25) is 5.91 Å². The van der Waals surface area contributed by atoms with Crippen molar-refractivity contribution in [1.82, 2.24) is 5.32 Å². The fraction of sp³-hybridized carbons (Fsp3) is 0.207. The minimum atomic E-state index is -3.97. The summed E-state index contributed by atoms with van der Waals surface area (Å²) >= 11 is 0. The number of fused-ring (bicyclic) bond motifs is 1. The Hall–Kier alpha value is -3.84. The number of rotatable bonds is 10. The van der Waals surface area contributed by atoms with Gasteiger partial charge in [-0.25, -0.2) is 8.42 Å². The van der Waals surface area contributed by atoms with Crippen LogP contribution in [0.3, 0.4) is 0 Å². The van der Waals surface area contributed by atoms with E-state index in [1.54, 1.807) is 42.5 Å². The van der Waals surface area contributed by atoms with Crippen LogP contribution >= 0.6 is 0 Å². The second-order valence-electron chi connectivity index (χ2n) is 8.78. The highest BCUT2D eigenvalue weighted by atomic mass is 32.2. The fourth-order valence-electron chi connectivity index (χ4n) is 4.19. The van der Waals surface area contributed by atoms with Gasteiger partial charge >= 0.3 is 0 Å². The first-order chi connectivity index (χ1) is 17.4. The molecule has 4 aromatic carbocycles. The normalized spacial score (nSPS) is 12.2. The Bertz CT molecular complexity index is 1430. The Kier molecular flexibility index (Phi) is 7.90. The molecule has 0 heterocycles. The summed E-state index contributed by atoms with van der Waals surface area (Å²) in [6.45, 7) is 2.16. The lowest BCUT2D eigenvalue weighted by atomic mass is 9.96. The third-order valence-corrected chi connectivity index (χ3v) is 7.84. The highest BCUT2D eigenvalue weighted by Crippen LogP contribution is 2.27. The van der Waals surface area contributed by atoms with Crippen molar-refractivity contribution in [1.29, 1.82) is 0 Å². The highest BCUT2D eigenvalue weighted by molar-refractivity contribution is 7.92. The number of hydrogen-bond donors (Lipinski definition) is 1. The van der Waals surface area contributed by atoms with Gasteiger partial charge in [0.15, 0.2) is 0 Å². The van der Waals surface area contributed by atoms with Gasteiger partial charge in [0.05, 0.1) is 17.7 Å². The molecule has 0 fully saturated rings. The molecule has 4 rings (SSSR count). The van der Waals surface area contributed by atoms with Gasteiger partial charge in [-0.15, -0.1) is 0 Å². The first-order valence-electron chi connectivity index (χ1n) is 11.8. The lowest BCUT2D eigenvalue weighted by molar-refractivity contribution is -0.119. The molecule has 1 amide bonds. The Labute approximate surface area is 212 Å². The molecule has 0 aliphatic rings. The number of anilines is 1. The van der Waals surface area contributed by atoms with Crippen LogP contribution in [-0.2, 0) is 21.2 Å². The van der Waals surface area contributed by atoms with Gasteiger partial charge < -0.3 is 10.1 Å². The Balaban J connectivity index is 1.48. The van der Waals surface area contributed by atoms with Crippen molar-refractivity contribution in [2.45, 2.75) is 18.2 Å². The van der Waals surface area contributed by atoms with E-state index >= 15 is 0 Å². The maximum Gasteiger partial charge on any atom is 0.264 e. The molecule has 36 heavy (non-hydrogen) atoms. The van der Waals surface area contributed by atoms with E-state index < -0.39 is 10.0 Å². The molecule has 0 bridgehead atoms. The van der Waals surface area contributed by atoms with E-state index in [9.17, 15) is 13.2 Å². The van der Waals surface area contributed by atoms with Gasteiger partial charge in [-0.05, 0) is 52.9 Å². The molecule has 1 N–H and O–H groups in total. The topological polar surface area (TPSA) is 75.7 Å². The standard InChI is InChI=1S/C29H30N2O4S/c1-22(18-24-12-8-11-23-10-6-7-17-28(23)24)20-30-29(32)21-31(25-13-9-14-26(19-25)35-2)36(33,34)27-15-4-3-5-16-27/h3-17,19,22H,18,20-21H2,1-2H3,(H,30,32).